The van der Waals surface area contributed by atoms with Crippen molar-refractivity contribution in [2.24, 2.45) is 0 Å². The van der Waals surface area contributed by atoms with E-state index >= 15 is 0 Å². The Bertz CT molecular complexity index is 642. The minimum absolute atomic E-state index is 0.803. The van der Waals surface area contributed by atoms with Crippen LogP contribution in [0.3, 0.4) is 0 Å². The molecule has 1 aromatic carbocycles. The predicted octanol–water partition coefficient (Wildman–Crippen LogP) is 2.33. The number of para-hydroxylation sites is 2. The maximum atomic E-state index is 4.53. The molecule has 16 heavy (non-hydrogen) atoms. The van der Waals surface area contributed by atoms with Crippen LogP contribution in [0.1, 0.15) is 5.56 Å². The van der Waals surface area contributed by atoms with Gasteiger partial charge in [0.2, 0.25) is 0 Å². The molecule has 0 amide bonds. The summed E-state index contributed by atoms with van der Waals surface area (Å²) in [5.74, 6) is 0. The van der Waals surface area contributed by atoms with Crippen LogP contribution in [0.2, 0.25) is 0 Å². The summed E-state index contributed by atoms with van der Waals surface area (Å²) in [5.41, 5.74) is 4.53. The maximum absolute atomic E-state index is 4.53. The fourth-order valence-electron chi connectivity index (χ4n) is 1.68. The molecule has 1 N–H and O–H groups in total. The van der Waals surface area contributed by atoms with Gasteiger partial charge in [-0.3, -0.25) is 10.1 Å². The van der Waals surface area contributed by atoms with Crippen molar-refractivity contribution in [3.63, 3.8) is 0 Å². The number of hydrogen-bond donors (Lipinski definition) is 1. The van der Waals surface area contributed by atoms with Crippen LogP contribution in [0.5, 0.6) is 0 Å². The second kappa shape index (κ2) is 3.41. The Labute approximate surface area is 92.4 Å². The second-order valence-electron chi connectivity index (χ2n) is 3.66. The average Bonchev–Trinajstić information content (AvgIpc) is 2.75. The van der Waals surface area contributed by atoms with Crippen LogP contribution >= 0.6 is 0 Å². The molecule has 2 heterocycles. The van der Waals surface area contributed by atoms with E-state index in [-0.39, 0.29) is 0 Å². The zero-order valence-corrected chi connectivity index (χ0v) is 8.81. The largest absolute Gasteiger partial charge is 0.285 e. The molecule has 0 saturated carbocycles. The van der Waals surface area contributed by atoms with Crippen molar-refractivity contribution >= 4 is 11.0 Å². The first-order valence-electron chi connectivity index (χ1n) is 5.07. The van der Waals surface area contributed by atoms with Crippen molar-refractivity contribution in [3.8, 4) is 11.4 Å². The van der Waals surface area contributed by atoms with Crippen LogP contribution < -0.4 is 0 Å². The Kier molecular flexibility index (Phi) is 1.93. The zero-order valence-electron chi connectivity index (χ0n) is 8.81. The van der Waals surface area contributed by atoms with E-state index in [0.717, 1.165) is 28.0 Å². The monoisotopic (exact) mass is 210 g/mol. The second-order valence-corrected chi connectivity index (χ2v) is 3.66. The molecule has 3 rings (SSSR count). The highest BCUT2D eigenvalue weighted by Crippen LogP contribution is 2.19. The minimum atomic E-state index is 0.803. The van der Waals surface area contributed by atoms with Crippen molar-refractivity contribution in [1.29, 1.82) is 0 Å². The van der Waals surface area contributed by atoms with Gasteiger partial charge >= 0.3 is 0 Å². The maximum Gasteiger partial charge on any atom is 0.115 e. The smallest absolute Gasteiger partial charge is 0.115 e. The first-order chi connectivity index (χ1) is 7.84. The van der Waals surface area contributed by atoms with E-state index < -0.39 is 0 Å². The van der Waals surface area contributed by atoms with E-state index in [9.17, 15) is 0 Å². The van der Waals surface area contributed by atoms with Crippen LogP contribution in [-0.2, 0) is 0 Å². The van der Waals surface area contributed by atoms with E-state index in [2.05, 4.69) is 20.2 Å². The number of nitrogens with one attached hydrogen (secondary N) is 1. The van der Waals surface area contributed by atoms with Gasteiger partial charge in [-0.15, -0.1) is 0 Å². The van der Waals surface area contributed by atoms with Gasteiger partial charge in [-0.25, -0.2) is 4.98 Å². The number of fused-ring (bicyclic) bond motifs is 1. The lowest BCUT2D eigenvalue weighted by atomic mass is 10.2. The fraction of sp³-hybridized carbons (Fsp3) is 0.0833. The van der Waals surface area contributed by atoms with Crippen LogP contribution in [0.25, 0.3) is 22.4 Å². The van der Waals surface area contributed by atoms with E-state index in [0.29, 0.717) is 0 Å². The molecule has 0 aliphatic heterocycles. The quantitative estimate of drug-likeness (QED) is 0.670. The van der Waals surface area contributed by atoms with Gasteiger partial charge in [0, 0.05) is 6.20 Å². The fourth-order valence-corrected chi connectivity index (χ4v) is 1.68. The molecule has 3 aromatic rings. The van der Waals surface area contributed by atoms with Crippen molar-refractivity contribution in [2.75, 3.05) is 0 Å². The first kappa shape index (κ1) is 9.03. The van der Waals surface area contributed by atoms with Crippen molar-refractivity contribution < 1.29 is 0 Å². The van der Waals surface area contributed by atoms with Crippen LogP contribution in [0.4, 0.5) is 0 Å². The van der Waals surface area contributed by atoms with Gasteiger partial charge in [-0.2, -0.15) is 5.10 Å². The molecule has 4 nitrogen and oxygen atoms in total. The molecular weight excluding hydrogens is 200 g/mol. The predicted molar refractivity (Wildman–Crippen MR) is 61.9 cm³/mol. The molecule has 0 spiro atoms. The highest BCUT2D eigenvalue weighted by atomic mass is 15.1. The highest BCUT2D eigenvalue weighted by molar-refractivity contribution is 5.76. The van der Waals surface area contributed by atoms with Gasteiger partial charge in [-0.1, -0.05) is 12.1 Å². The van der Waals surface area contributed by atoms with Gasteiger partial charge in [0.15, 0.2) is 0 Å². The number of hydrogen-bond acceptors (Lipinski definition) is 3. The Morgan fingerprint density at radius 3 is 2.69 bits per heavy atom. The van der Waals surface area contributed by atoms with Crippen LogP contribution in [-0.4, -0.2) is 20.2 Å². The van der Waals surface area contributed by atoms with E-state index in [1.165, 1.54) is 0 Å². The molecule has 0 unspecified atom stereocenters. The van der Waals surface area contributed by atoms with Crippen molar-refractivity contribution in [3.05, 3.63) is 42.2 Å². The molecule has 0 aliphatic rings. The van der Waals surface area contributed by atoms with Gasteiger partial charge in [0.05, 0.1) is 17.2 Å². The summed E-state index contributed by atoms with van der Waals surface area (Å²) in [6.07, 6.45) is 3.61. The number of aryl methyl sites for hydroxylation is 1. The van der Waals surface area contributed by atoms with Crippen LogP contribution in [0, 0.1) is 6.92 Å². The molecule has 0 aliphatic carbocycles. The standard InChI is InChI=1S/C12H10N4/c1-8-6-14-16-12(8)11-7-13-9-4-2-3-5-10(9)15-11/h2-7H,1H3,(H,14,16). The third kappa shape index (κ3) is 1.35. The van der Waals surface area contributed by atoms with E-state index in [1.807, 2.05) is 37.4 Å². The normalized spacial score (nSPS) is 10.8. The number of H-pyrrole nitrogens is 1. The Balaban J connectivity index is 2.23. The summed E-state index contributed by atoms with van der Waals surface area (Å²) in [6.45, 7) is 2.00. The molecular formula is C12H10N4. The molecule has 0 fully saturated rings. The minimum Gasteiger partial charge on any atom is -0.285 e. The Morgan fingerprint density at radius 2 is 1.94 bits per heavy atom. The molecule has 0 bridgehead atoms. The summed E-state index contributed by atoms with van der Waals surface area (Å²) in [6, 6.07) is 7.81. The highest BCUT2D eigenvalue weighted by Gasteiger charge is 2.07. The summed E-state index contributed by atoms with van der Waals surface area (Å²) < 4.78 is 0. The molecule has 0 radical (unpaired) electrons. The lowest BCUT2D eigenvalue weighted by molar-refractivity contribution is 1.08. The molecule has 0 saturated heterocycles. The lowest BCUT2D eigenvalue weighted by Crippen LogP contribution is -1.89. The molecule has 4 heteroatoms. The zero-order chi connectivity index (χ0) is 11.0. The topological polar surface area (TPSA) is 54.5 Å². The third-order valence-corrected chi connectivity index (χ3v) is 2.52. The third-order valence-electron chi connectivity index (χ3n) is 2.52. The van der Waals surface area contributed by atoms with E-state index in [4.69, 9.17) is 0 Å². The summed E-state index contributed by atoms with van der Waals surface area (Å²) in [5, 5.41) is 6.99. The van der Waals surface area contributed by atoms with Crippen molar-refractivity contribution in [2.45, 2.75) is 6.92 Å². The average molecular weight is 210 g/mol. The summed E-state index contributed by atoms with van der Waals surface area (Å²) in [7, 11) is 0. The van der Waals surface area contributed by atoms with Crippen molar-refractivity contribution in [1.82, 2.24) is 20.2 Å². The Morgan fingerprint density at radius 1 is 1.12 bits per heavy atom. The summed E-state index contributed by atoms with van der Waals surface area (Å²) >= 11 is 0. The lowest BCUT2D eigenvalue weighted by Gasteiger charge is -1.99. The number of aromatic nitrogens is 4. The molecule has 78 valence electrons. The number of aromatic amines is 1. The Hall–Kier alpha value is -2.23. The molecule has 0 atom stereocenters. The van der Waals surface area contributed by atoms with E-state index in [1.54, 1.807) is 6.20 Å². The SMILES string of the molecule is Cc1c[nH]nc1-c1cnc2ccccc2n1. The number of benzene rings is 1. The van der Waals surface area contributed by atoms with Gasteiger partial charge in [-0.05, 0) is 24.6 Å². The van der Waals surface area contributed by atoms with Crippen LogP contribution in [0.15, 0.2) is 36.7 Å². The number of nitrogens with zero attached hydrogens (tertiary/aromatic N) is 3. The molecule has 2 aromatic heterocycles. The van der Waals surface area contributed by atoms with Gasteiger partial charge < -0.3 is 0 Å². The summed E-state index contributed by atoms with van der Waals surface area (Å²) in [4.78, 5) is 8.90. The first-order valence-corrected chi connectivity index (χ1v) is 5.07. The van der Waals surface area contributed by atoms with Gasteiger partial charge in [0.1, 0.15) is 11.4 Å². The van der Waals surface area contributed by atoms with Gasteiger partial charge in [0.25, 0.3) is 0 Å². The number of rotatable bonds is 1.